The molecule has 7 nitrogen and oxygen atoms in total. The molecule has 0 aromatic rings. The number of nitrogens with two attached hydrogens (primary N) is 1. The number of rotatable bonds is 3. The molecule has 120 valence electrons. The van der Waals surface area contributed by atoms with Crippen LogP contribution in [0.25, 0.3) is 0 Å². The first kappa shape index (κ1) is 15.1. The zero-order valence-corrected chi connectivity index (χ0v) is 12.6. The fraction of sp³-hybridized carbons (Fsp3) is 0.600. The highest BCUT2D eigenvalue weighted by molar-refractivity contribution is 5.80. The van der Waals surface area contributed by atoms with E-state index in [2.05, 4.69) is 0 Å². The Hall–Kier alpha value is -1.86. The summed E-state index contributed by atoms with van der Waals surface area (Å²) >= 11 is 0. The molecular weight excluding hydrogens is 286 g/mol. The summed E-state index contributed by atoms with van der Waals surface area (Å²) < 4.78 is 10.4. The maximum atomic E-state index is 11.9. The lowest BCUT2D eigenvalue weighted by Gasteiger charge is -2.34. The maximum absolute atomic E-state index is 11.9. The molecule has 3 aliphatic rings. The average Bonchev–Trinajstić information content (AvgIpc) is 2.89. The van der Waals surface area contributed by atoms with Gasteiger partial charge in [0.2, 0.25) is 0 Å². The molecule has 0 radical (unpaired) electrons. The summed E-state index contributed by atoms with van der Waals surface area (Å²) in [4.78, 5) is 27.3. The second-order valence-electron chi connectivity index (χ2n) is 5.79. The normalized spacial score (nSPS) is 32.3. The Bertz CT molecular complexity index is 531. The van der Waals surface area contributed by atoms with Crippen LogP contribution in [0.3, 0.4) is 0 Å². The van der Waals surface area contributed by atoms with Crippen LogP contribution in [0.2, 0.25) is 0 Å². The van der Waals surface area contributed by atoms with Crippen LogP contribution in [0.4, 0.5) is 4.79 Å². The highest BCUT2D eigenvalue weighted by Gasteiger charge is 2.37. The predicted octanol–water partition coefficient (Wildman–Crippen LogP) is 0.0831. The number of hydrogen-bond donors (Lipinski definition) is 1. The topological polar surface area (TPSA) is 85.1 Å². The molecular formula is C15H21N3O4. The molecule has 2 heterocycles. The average molecular weight is 307 g/mol. The quantitative estimate of drug-likeness (QED) is 0.798. The van der Waals surface area contributed by atoms with E-state index in [0.717, 1.165) is 5.70 Å². The SMILES string of the molecule is CC1C=C(N2CCOCC2=O)C=CC1N1C[C@H](CN)OC1=O. The summed E-state index contributed by atoms with van der Waals surface area (Å²) in [6, 6.07) is -0.0658. The van der Waals surface area contributed by atoms with Crippen LogP contribution < -0.4 is 5.73 Å². The van der Waals surface area contributed by atoms with Gasteiger partial charge < -0.3 is 20.1 Å². The maximum Gasteiger partial charge on any atom is 0.410 e. The summed E-state index contributed by atoms with van der Waals surface area (Å²) in [6.07, 6.45) is 5.33. The molecule has 2 fully saturated rings. The zero-order chi connectivity index (χ0) is 15.7. The number of carbonyl (C=O) groups is 2. The van der Waals surface area contributed by atoms with Crippen molar-refractivity contribution >= 4 is 12.0 Å². The van der Waals surface area contributed by atoms with Crippen molar-refractivity contribution in [3.8, 4) is 0 Å². The van der Waals surface area contributed by atoms with Crippen molar-refractivity contribution in [2.75, 3.05) is 32.8 Å². The molecule has 0 bridgehead atoms. The van der Waals surface area contributed by atoms with Crippen LogP contribution in [0.5, 0.6) is 0 Å². The lowest BCUT2D eigenvalue weighted by atomic mass is 9.93. The molecule has 2 aliphatic heterocycles. The number of nitrogens with zero attached hydrogens (tertiary/aromatic N) is 2. The van der Waals surface area contributed by atoms with Gasteiger partial charge in [-0.1, -0.05) is 19.1 Å². The molecule has 1 aliphatic carbocycles. The van der Waals surface area contributed by atoms with Gasteiger partial charge in [0.1, 0.15) is 12.7 Å². The molecule has 3 atom stereocenters. The number of carbonyl (C=O) groups excluding carboxylic acids is 2. The van der Waals surface area contributed by atoms with Gasteiger partial charge in [-0.25, -0.2) is 4.79 Å². The van der Waals surface area contributed by atoms with Gasteiger partial charge in [-0.05, 0) is 6.08 Å². The Morgan fingerprint density at radius 1 is 1.41 bits per heavy atom. The van der Waals surface area contributed by atoms with Crippen LogP contribution in [0.1, 0.15) is 6.92 Å². The van der Waals surface area contributed by atoms with Gasteiger partial charge in [0.05, 0.1) is 19.2 Å². The van der Waals surface area contributed by atoms with E-state index in [0.29, 0.717) is 26.2 Å². The lowest BCUT2D eigenvalue weighted by Crippen LogP contribution is -2.44. The van der Waals surface area contributed by atoms with Crippen LogP contribution in [0, 0.1) is 5.92 Å². The second kappa shape index (κ2) is 6.10. The zero-order valence-electron chi connectivity index (χ0n) is 12.6. The third-order valence-corrected chi connectivity index (χ3v) is 4.26. The lowest BCUT2D eigenvalue weighted by molar-refractivity contribution is -0.139. The number of morpholine rings is 1. The summed E-state index contributed by atoms with van der Waals surface area (Å²) in [5.41, 5.74) is 6.44. The molecule has 2 N–H and O–H groups in total. The number of ether oxygens (including phenoxy) is 2. The Labute approximate surface area is 129 Å². The summed E-state index contributed by atoms with van der Waals surface area (Å²) in [5.74, 6) is 0.0660. The van der Waals surface area contributed by atoms with E-state index in [1.807, 2.05) is 25.2 Å². The van der Waals surface area contributed by atoms with Gasteiger partial charge in [0.15, 0.2) is 0 Å². The van der Waals surface area contributed by atoms with E-state index in [4.69, 9.17) is 15.2 Å². The van der Waals surface area contributed by atoms with Crippen molar-refractivity contribution in [2.24, 2.45) is 11.7 Å². The highest BCUT2D eigenvalue weighted by Crippen LogP contribution is 2.27. The molecule has 7 heteroatoms. The number of allylic oxidation sites excluding steroid dienone is 1. The first-order valence-corrected chi connectivity index (χ1v) is 7.55. The fourth-order valence-corrected chi connectivity index (χ4v) is 3.06. The fourth-order valence-electron chi connectivity index (χ4n) is 3.06. The van der Waals surface area contributed by atoms with Gasteiger partial charge in [-0.15, -0.1) is 0 Å². The Balaban J connectivity index is 1.71. The minimum Gasteiger partial charge on any atom is -0.443 e. The van der Waals surface area contributed by atoms with Gasteiger partial charge in [0, 0.05) is 24.7 Å². The molecule has 2 unspecified atom stereocenters. The summed E-state index contributed by atoms with van der Waals surface area (Å²) in [7, 11) is 0. The monoisotopic (exact) mass is 307 g/mol. The Morgan fingerprint density at radius 2 is 2.23 bits per heavy atom. The standard InChI is InChI=1S/C15H21N3O4/c1-10-6-11(17-4-5-21-9-14(17)19)2-3-13(10)18-8-12(7-16)22-15(18)20/h2-3,6,10,12-13H,4-5,7-9,16H2,1H3/t10?,12-,13?/m0/s1. The van der Waals surface area contributed by atoms with Gasteiger partial charge in [-0.3, -0.25) is 9.69 Å². The van der Waals surface area contributed by atoms with Crippen LogP contribution in [-0.4, -0.2) is 66.8 Å². The van der Waals surface area contributed by atoms with E-state index in [-0.39, 0.29) is 36.7 Å². The van der Waals surface area contributed by atoms with Crippen molar-refractivity contribution in [3.63, 3.8) is 0 Å². The molecule has 0 spiro atoms. The largest absolute Gasteiger partial charge is 0.443 e. The van der Waals surface area contributed by atoms with Crippen LogP contribution in [-0.2, 0) is 14.3 Å². The number of amides is 2. The molecule has 3 rings (SSSR count). The molecule has 0 aromatic carbocycles. The van der Waals surface area contributed by atoms with Crippen molar-refractivity contribution in [2.45, 2.75) is 19.1 Å². The van der Waals surface area contributed by atoms with E-state index < -0.39 is 0 Å². The molecule has 2 saturated heterocycles. The van der Waals surface area contributed by atoms with E-state index in [9.17, 15) is 9.59 Å². The van der Waals surface area contributed by atoms with Crippen molar-refractivity contribution in [3.05, 3.63) is 23.9 Å². The molecule has 22 heavy (non-hydrogen) atoms. The number of cyclic esters (lactones) is 1. The van der Waals surface area contributed by atoms with Crippen molar-refractivity contribution in [1.82, 2.24) is 9.80 Å². The van der Waals surface area contributed by atoms with Crippen molar-refractivity contribution in [1.29, 1.82) is 0 Å². The Kier molecular flexibility index (Phi) is 4.17. The second-order valence-corrected chi connectivity index (χ2v) is 5.79. The van der Waals surface area contributed by atoms with Crippen LogP contribution >= 0.6 is 0 Å². The van der Waals surface area contributed by atoms with E-state index >= 15 is 0 Å². The highest BCUT2D eigenvalue weighted by atomic mass is 16.6. The first-order valence-electron chi connectivity index (χ1n) is 7.55. The molecule has 0 saturated carbocycles. The van der Waals surface area contributed by atoms with E-state index in [1.165, 1.54) is 0 Å². The van der Waals surface area contributed by atoms with Crippen LogP contribution in [0.15, 0.2) is 23.9 Å². The van der Waals surface area contributed by atoms with Gasteiger partial charge >= 0.3 is 6.09 Å². The Morgan fingerprint density at radius 3 is 2.86 bits per heavy atom. The molecule has 0 aromatic heterocycles. The molecule has 2 amide bonds. The van der Waals surface area contributed by atoms with Crippen molar-refractivity contribution < 1.29 is 19.1 Å². The van der Waals surface area contributed by atoms with Gasteiger partial charge in [0.25, 0.3) is 5.91 Å². The number of hydrogen-bond acceptors (Lipinski definition) is 5. The minimum absolute atomic E-state index is 0.0309. The third kappa shape index (κ3) is 2.74. The predicted molar refractivity (Wildman–Crippen MR) is 78.7 cm³/mol. The first-order chi connectivity index (χ1) is 10.6. The third-order valence-electron chi connectivity index (χ3n) is 4.26. The minimum atomic E-state index is -0.323. The van der Waals surface area contributed by atoms with Gasteiger partial charge in [-0.2, -0.15) is 0 Å². The van der Waals surface area contributed by atoms with E-state index in [1.54, 1.807) is 9.80 Å². The summed E-state index contributed by atoms with van der Waals surface area (Å²) in [6.45, 7) is 4.10. The smallest absolute Gasteiger partial charge is 0.410 e. The summed E-state index contributed by atoms with van der Waals surface area (Å²) in [5, 5.41) is 0.